The number of rotatable bonds is 3. The molecule has 8 nitrogen and oxygen atoms in total. The van der Waals surface area contributed by atoms with Gasteiger partial charge in [0.25, 0.3) is 0 Å². The zero-order valence-electron chi connectivity index (χ0n) is 26.9. The van der Waals surface area contributed by atoms with Gasteiger partial charge in [0.15, 0.2) is 0 Å². The third kappa shape index (κ3) is 7.12. The van der Waals surface area contributed by atoms with E-state index in [2.05, 4.69) is 66.5 Å². The molecule has 0 unspecified atom stereocenters. The molecule has 0 aliphatic carbocycles. The quantitative estimate of drug-likeness (QED) is 0.440. The first kappa shape index (κ1) is 32.3. The van der Waals surface area contributed by atoms with E-state index in [4.69, 9.17) is 9.47 Å². The topological polar surface area (TPSA) is 88.2 Å². The number of anilines is 1. The Hall–Kier alpha value is -3.65. The summed E-state index contributed by atoms with van der Waals surface area (Å²) in [6.45, 7) is 10.2. The lowest BCUT2D eigenvalue weighted by Crippen LogP contribution is -2.56. The fraction of sp³-hybridized carbons (Fsp3) is 0.514. The van der Waals surface area contributed by atoms with Gasteiger partial charge in [-0.3, -0.25) is 4.79 Å². The standard InChI is InChI=1S/C35H47N3O5/c1-33(2,3)30-31(40)38-22-35(42-8,20-28(38)21-39)26-14-12-24(13-15-26)29-17-16-27(37(6)7)19-25(29)11-9-10-18-34(4,5)23-43-32(41)36-30/h9,11-17,19,21,28,30H,10,18,20,22-23H2,1-8H3,(H,36,41)/t28-,30+,35-/m0/s1. The first-order chi connectivity index (χ1) is 20.2. The smallest absolute Gasteiger partial charge is 0.407 e. The SMILES string of the molecule is CO[C@@]12C[C@@H](C=O)N(C1)C(=O)[C@H](C(C)(C)C)NC(=O)OCC(C)(C)CCC=Cc1cc(N(C)C)ccc1-c1ccc2cc1. The van der Waals surface area contributed by atoms with E-state index in [1.165, 1.54) is 0 Å². The Labute approximate surface area is 256 Å². The van der Waals surface area contributed by atoms with Gasteiger partial charge >= 0.3 is 6.09 Å². The van der Waals surface area contributed by atoms with Gasteiger partial charge in [-0.2, -0.15) is 0 Å². The van der Waals surface area contributed by atoms with E-state index in [1.807, 2.05) is 47.0 Å². The molecule has 3 atom stereocenters. The van der Waals surface area contributed by atoms with Gasteiger partial charge in [0.05, 0.1) is 19.2 Å². The second-order valence-corrected chi connectivity index (χ2v) is 13.9. The van der Waals surface area contributed by atoms with Crippen molar-refractivity contribution in [1.82, 2.24) is 10.2 Å². The van der Waals surface area contributed by atoms with Crippen LogP contribution in [-0.2, 0) is 24.7 Å². The molecule has 1 saturated heterocycles. The molecule has 3 heterocycles. The molecule has 0 aromatic heterocycles. The van der Waals surface area contributed by atoms with E-state index in [0.717, 1.165) is 47.1 Å². The summed E-state index contributed by atoms with van der Waals surface area (Å²) >= 11 is 0. The summed E-state index contributed by atoms with van der Waals surface area (Å²) in [5.74, 6) is -0.332. The lowest BCUT2D eigenvalue weighted by atomic mass is 9.85. The van der Waals surface area contributed by atoms with Crippen LogP contribution in [0, 0.1) is 10.8 Å². The van der Waals surface area contributed by atoms with Crippen LogP contribution in [0.4, 0.5) is 10.5 Å². The van der Waals surface area contributed by atoms with Crippen LogP contribution in [0.5, 0.6) is 0 Å². The third-order valence-electron chi connectivity index (χ3n) is 8.72. The molecule has 3 aliphatic heterocycles. The number of carbonyl (C=O) groups excluding carboxylic acids is 3. The summed E-state index contributed by atoms with van der Waals surface area (Å²) < 4.78 is 11.8. The molecule has 0 spiro atoms. The fourth-order valence-electron chi connectivity index (χ4n) is 5.92. The van der Waals surface area contributed by atoms with Crippen LogP contribution >= 0.6 is 0 Å². The summed E-state index contributed by atoms with van der Waals surface area (Å²) in [4.78, 5) is 43.0. The lowest BCUT2D eigenvalue weighted by Gasteiger charge is -2.35. The van der Waals surface area contributed by atoms with E-state index < -0.39 is 29.2 Å². The second-order valence-electron chi connectivity index (χ2n) is 13.9. The number of nitrogens with one attached hydrogen (secondary N) is 1. The lowest BCUT2D eigenvalue weighted by molar-refractivity contribution is -0.139. The Balaban J connectivity index is 1.80. The largest absolute Gasteiger partial charge is 0.449 e. The van der Waals surface area contributed by atoms with E-state index in [9.17, 15) is 14.4 Å². The van der Waals surface area contributed by atoms with E-state index >= 15 is 0 Å². The maximum atomic E-state index is 14.0. The summed E-state index contributed by atoms with van der Waals surface area (Å²) in [5.41, 5.74) is 3.51. The van der Waals surface area contributed by atoms with Crippen LogP contribution in [0.15, 0.2) is 48.5 Å². The fourth-order valence-corrected chi connectivity index (χ4v) is 5.92. The first-order valence-corrected chi connectivity index (χ1v) is 15.0. The number of nitrogens with zero attached hydrogens (tertiary/aromatic N) is 2. The van der Waals surface area contributed by atoms with Gasteiger partial charge in [-0.05, 0) is 58.1 Å². The predicted molar refractivity (Wildman–Crippen MR) is 171 cm³/mol. The second kappa shape index (κ2) is 12.5. The highest BCUT2D eigenvalue weighted by molar-refractivity contribution is 5.89. The molecule has 2 amide bonds. The van der Waals surface area contributed by atoms with Gasteiger partial charge in [-0.25, -0.2) is 4.79 Å². The predicted octanol–water partition coefficient (Wildman–Crippen LogP) is 6.04. The first-order valence-electron chi connectivity index (χ1n) is 15.0. The monoisotopic (exact) mass is 589 g/mol. The van der Waals surface area contributed by atoms with Gasteiger partial charge in [-0.1, -0.05) is 77.1 Å². The van der Waals surface area contributed by atoms with Crippen LogP contribution in [0.25, 0.3) is 17.2 Å². The minimum absolute atomic E-state index is 0.187. The van der Waals surface area contributed by atoms with E-state index in [1.54, 1.807) is 12.0 Å². The molecule has 1 fully saturated rings. The maximum absolute atomic E-state index is 14.0. The highest BCUT2D eigenvalue weighted by Gasteiger charge is 2.50. The number of amides is 2. The number of allylic oxidation sites excluding steroid dienone is 1. The minimum atomic E-state index is -0.891. The zero-order valence-corrected chi connectivity index (χ0v) is 26.9. The van der Waals surface area contributed by atoms with Crippen molar-refractivity contribution in [3.63, 3.8) is 0 Å². The zero-order chi connectivity index (χ0) is 31.6. The Morgan fingerprint density at radius 1 is 1.09 bits per heavy atom. The van der Waals surface area contributed by atoms with Gasteiger partial charge in [0, 0.05) is 33.3 Å². The van der Waals surface area contributed by atoms with Crippen molar-refractivity contribution in [3.8, 4) is 11.1 Å². The molecular formula is C35H47N3O5. The minimum Gasteiger partial charge on any atom is -0.449 e. The number of ether oxygens (including phenoxy) is 2. The van der Waals surface area contributed by atoms with Crippen LogP contribution in [-0.4, -0.2) is 69.6 Å². The van der Waals surface area contributed by atoms with Crippen LogP contribution in [0.2, 0.25) is 0 Å². The van der Waals surface area contributed by atoms with E-state index in [-0.39, 0.29) is 24.5 Å². The molecule has 2 aromatic rings. The number of benzene rings is 2. The Morgan fingerprint density at radius 2 is 1.79 bits per heavy atom. The van der Waals surface area contributed by atoms with Crippen molar-refractivity contribution in [1.29, 1.82) is 0 Å². The Kier molecular flexibility index (Phi) is 9.40. The van der Waals surface area contributed by atoms with Gasteiger partial charge < -0.3 is 29.4 Å². The number of hydrogen-bond acceptors (Lipinski definition) is 6. The molecule has 2 aromatic carbocycles. The van der Waals surface area contributed by atoms with Crippen LogP contribution < -0.4 is 10.2 Å². The summed E-state index contributed by atoms with van der Waals surface area (Å²) in [6, 6.07) is 13.1. The summed E-state index contributed by atoms with van der Waals surface area (Å²) in [7, 11) is 5.67. The summed E-state index contributed by atoms with van der Waals surface area (Å²) in [6.07, 6.45) is 6.43. The van der Waals surface area contributed by atoms with Gasteiger partial charge in [-0.15, -0.1) is 0 Å². The van der Waals surface area contributed by atoms with Gasteiger partial charge in [0.1, 0.15) is 17.9 Å². The molecule has 3 aliphatic rings. The molecule has 5 rings (SSSR count). The molecule has 8 heteroatoms. The maximum Gasteiger partial charge on any atom is 0.407 e. The summed E-state index contributed by atoms with van der Waals surface area (Å²) in [5, 5.41) is 2.82. The normalized spacial score (nSPS) is 24.6. The van der Waals surface area contributed by atoms with Crippen molar-refractivity contribution in [3.05, 3.63) is 59.7 Å². The highest BCUT2D eigenvalue weighted by Crippen LogP contribution is 2.41. The molecule has 1 N–H and O–H groups in total. The molecule has 4 bridgehead atoms. The molecular weight excluding hydrogens is 542 g/mol. The van der Waals surface area contributed by atoms with Crippen molar-refractivity contribution >= 4 is 30.0 Å². The average Bonchev–Trinajstić information content (AvgIpc) is 3.36. The van der Waals surface area contributed by atoms with Crippen molar-refractivity contribution < 1.29 is 23.9 Å². The Morgan fingerprint density at radius 3 is 2.40 bits per heavy atom. The average molecular weight is 590 g/mol. The number of aldehydes is 1. The van der Waals surface area contributed by atoms with E-state index in [0.29, 0.717) is 6.42 Å². The van der Waals surface area contributed by atoms with Gasteiger partial charge in [0.2, 0.25) is 5.91 Å². The molecule has 232 valence electrons. The number of carbonyl (C=O) groups is 3. The van der Waals surface area contributed by atoms with Crippen LogP contribution in [0.1, 0.15) is 65.0 Å². The molecule has 0 saturated carbocycles. The number of methoxy groups -OCH3 is 1. The molecule has 43 heavy (non-hydrogen) atoms. The van der Waals surface area contributed by atoms with Crippen molar-refractivity contribution in [2.45, 2.75) is 71.6 Å². The molecule has 0 radical (unpaired) electrons. The number of hydrogen-bond donors (Lipinski definition) is 1. The van der Waals surface area contributed by atoms with Crippen molar-refractivity contribution in [2.75, 3.05) is 39.3 Å². The Bertz CT molecular complexity index is 1360. The van der Waals surface area contributed by atoms with Crippen molar-refractivity contribution in [2.24, 2.45) is 10.8 Å². The van der Waals surface area contributed by atoms with Crippen LogP contribution in [0.3, 0.4) is 0 Å². The third-order valence-corrected chi connectivity index (χ3v) is 8.72. The number of fused-ring (bicyclic) bond motifs is 11. The highest BCUT2D eigenvalue weighted by atomic mass is 16.5. The number of alkyl carbamates (subject to hydrolysis) is 1.